The summed E-state index contributed by atoms with van der Waals surface area (Å²) in [5.41, 5.74) is 0. The van der Waals surface area contributed by atoms with Gasteiger partial charge in [-0.2, -0.15) is 0 Å². The maximum absolute atomic E-state index is 10.1. The molecule has 0 saturated carbocycles. The molecule has 9 heteroatoms. The minimum absolute atomic E-state index is 0. The van der Waals surface area contributed by atoms with Gasteiger partial charge in [-0.25, -0.2) is 9.59 Å². The number of ether oxygens (including phenoxy) is 2. The molecule has 0 aliphatic carbocycles. The molecule has 0 aliphatic rings. The van der Waals surface area contributed by atoms with E-state index in [4.69, 9.17) is 0 Å². The molecule has 0 saturated heterocycles. The molecule has 0 spiro atoms. The molecule has 0 fully saturated rings. The quantitative estimate of drug-likeness (QED) is 0.292. The van der Waals surface area contributed by atoms with Crippen LogP contribution >= 0.6 is 0 Å². The molecule has 19 heavy (non-hydrogen) atoms. The van der Waals surface area contributed by atoms with Gasteiger partial charge in [0.25, 0.3) is 0 Å². The van der Waals surface area contributed by atoms with Crippen molar-refractivity contribution in [3.05, 3.63) is 24.3 Å². The van der Waals surface area contributed by atoms with Crippen molar-refractivity contribution in [1.29, 1.82) is 0 Å². The van der Waals surface area contributed by atoms with Crippen molar-refractivity contribution in [3.63, 3.8) is 0 Å². The summed E-state index contributed by atoms with van der Waals surface area (Å²) < 4.78 is 8.17. The van der Waals surface area contributed by atoms with Gasteiger partial charge in [-0.3, -0.25) is 0 Å². The molecule has 0 atom stereocenters. The van der Waals surface area contributed by atoms with Crippen molar-refractivity contribution in [3.8, 4) is 0 Å². The summed E-state index contributed by atoms with van der Waals surface area (Å²) in [5.74, 6) is -4.25. The van der Waals surface area contributed by atoms with Crippen LogP contribution in [0.25, 0.3) is 0 Å². The number of methoxy groups -OCH3 is 2. The Kier molecular flexibility index (Phi) is 18.0. The van der Waals surface area contributed by atoms with E-state index in [1.807, 2.05) is 0 Å². The van der Waals surface area contributed by atoms with Gasteiger partial charge in [0, 0.05) is 12.2 Å². The molecule has 0 radical (unpaired) electrons. The summed E-state index contributed by atoms with van der Waals surface area (Å²) >= 11 is 0. The SMILES string of the molecule is COC(=O)/C=C/C(=O)[O-].COC(=O)/C=C/C(=O)[O-].[Sr+2]. The van der Waals surface area contributed by atoms with Crippen LogP contribution in [0, 0.1) is 0 Å². The minimum Gasteiger partial charge on any atom is -0.545 e. The molecule has 0 amide bonds. The van der Waals surface area contributed by atoms with Crippen LogP contribution in [-0.2, 0) is 28.7 Å². The first kappa shape index (κ1) is 23.0. The first-order valence-corrected chi connectivity index (χ1v) is 4.27. The van der Waals surface area contributed by atoms with Gasteiger partial charge >= 0.3 is 57.4 Å². The standard InChI is InChI=1S/2C5H6O4.Sr/c2*1-9-5(8)3-2-4(6)7;/h2*2-3H,1H3,(H,6,7);/q;;+2/p-2/b2*3-2+;. The second-order valence-electron chi connectivity index (χ2n) is 2.35. The van der Waals surface area contributed by atoms with Gasteiger partial charge in [0.15, 0.2) is 0 Å². The Morgan fingerprint density at radius 1 is 0.737 bits per heavy atom. The number of carboxylic acid groups (broad SMARTS) is 2. The molecule has 0 N–H and O–H groups in total. The van der Waals surface area contributed by atoms with Crippen LogP contribution in [0.1, 0.15) is 0 Å². The van der Waals surface area contributed by atoms with Crippen LogP contribution in [-0.4, -0.2) is 83.6 Å². The van der Waals surface area contributed by atoms with Gasteiger partial charge in [0.05, 0.1) is 26.2 Å². The number of carbonyl (C=O) groups excluding carboxylic acids is 4. The van der Waals surface area contributed by atoms with Gasteiger partial charge in [-0.15, -0.1) is 0 Å². The van der Waals surface area contributed by atoms with Gasteiger partial charge in [0.2, 0.25) is 0 Å². The molecule has 0 aliphatic heterocycles. The summed E-state index contributed by atoms with van der Waals surface area (Å²) in [4.78, 5) is 39.5. The number of carbonyl (C=O) groups is 4. The van der Waals surface area contributed by atoms with Crippen molar-refractivity contribution < 1.29 is 38.9 Å². The predicted molar refractivity (Wildman–Crippen MR) is 58.1 cm³/mol. The van der Waals surface area contributed by atoms with E-state index < -0.39 is 23.9 Å². The normalized spacial score (nSPS) is 8.95. The van der Waals surface area contributed by atoms with E-state index in [1.54, 1.807) is 0 Å². The zero-order valence-corrected chi connectivity index (χ0v) is 13.8. The zero-order valence-electron chi connectivity index (χ0n) is 10.3. The van der Waals surface area contributed by atoms with E-state index in [1.165, 1.54) is 0 Å². The third-order valence-electron chi connectivity index (χ3n) is 1.11. The Hall–Kier alpha value is -1.16. The van der Waals surface area contributed by atoms with Crippen LogP contribution in [0.4, 0.5) is 0 Å². The van der Waals surface area contributed by atoms with Gasteiger partial charge in [0.1, 0.15) is 0 Å². The Bertz CT molecular complexity index is 336. The molecule has 0 aromatic heterocycles. The monoisotopic (exact) mass is 346 g/mol. The fourth-order valence-electron chi connectivity index (χ4n) is 0.408. The van der Waals surface area contributed by atoms with E-state index in [-0.39, 0.29) is 45.5 Å². The molecule has 0 heterocycles. The van der Waals surface area contributed by atoms with E-state index in [0.717, 1.165) is 26.4 Å². The Morgan fingerprint density at radius 3 is 1.16 bits per heavy atom. The second-order valence-corrected chi connectivity index (χ2v) is 2.35. The van der Waals surface area contributed by atoms with Crippen molar-refractivity contribution >= 4 is 69.4 Å². The Balaban J connectivity index is -0.000000256. The molecule has 0 aromatic carbocycles. The van der Waals surface area contributed by atoms with Gasteiger partial charge < -0.3 is 29.3 Å². The molecule has 0 bridgehead atoms. The summed E-state index contributed by atoms with van der Waals surface area (Å²) in [6.07, 6.45) is 2.75. The van der Waals surface area contributed by atoms with E-state index in [9.17, 15) is 29.4 Å². The van der Waals surface area contributed by atoms with E-state index >= 15 is 0 Å². The number of hydrogen-bond donors (Lipinski definition) is 0. The number of esters is 2. The van der Waals surface area contributed by atoms with Crippen molar-refractivity contribution in [1.82, 2.24) is 0 Å². The summed E-state index contributed by atoms with van der Waals surface area (Å²) in [6, 6.07) is 0. The van der Waals surface area contributed by atoms with E-state index in [2.05, 4.69) is 9.47 Å². The molecule has 8 nitrogen and oxygen atoms in total. The van der Waals surface area contributed by atoms with Crippen molar-refractivity contribution in [2.45, 2.75) is 0 Å². The van der Waals surface area contributed by atoms with Crippen molar-refractivity contribution in [2.24, 2.45) is 0 Å². The topological polar surface area (TPSA) is 133 Å². The summed E-state index contributed by atoms with van der Waals surface area (Å²) in [5, 5.41) is 19.2. The maximum atomic E-state index is 10.1. The number of rotatable bonds is 4. The third kappa shape index (κ3) is 22.5. The van der Waals surface area contributed by atoms with Crippen LogP contribution in [0.3, 0.4) is 0 Å². The minimum atomic E-state index is -1.42. The zero-order chi connectivity index (χ0) is 14.6. The average molecular weight is 346 g/mol. The van der Waals surface area contributed by atoms with E-state index in [0.29, 0.717) is 12.2 Å². The Morgan fingerprint density at radius 2 is 1.00 bits per heavy atom. The molecule has 100 valence electrons. The molecule has 0 unspecified atom stereocenters. The van der Waals surface area contributed by atoms with Gasteiger partial charge in [-0.05, 0) is 12.2 Å². The average Bonchev–Trinajstić information content (AvgIpc) is 2.33. The first-order valence-electron chi connectivity index (χ1n) is 4.27. The molecule has 0 rings (SSSR count). The summed E-state index contributed by atoms with van der Waals surface area (Å²) in [6.45, 7) is 0. The molecular formula is C10H10O8Sr. The fraction of sp³-hybridized carbons (Fsp3) is 0.200. The van der Waals surface area contributed by atoms with Gasteiger partial charge in [-0.1, -0.05) is 0 Å². The van der Waals surface area contributed by atoms with Crippen LogP contribution in [0.2, 0.25) is 0 Å². The van der Waals surface area contributed by atoms with Crippen LogP contribution in [0.5, 0.6) is 0 Å². The third-order valence-corrected chi connectivity index (χ3v) is 1.11. The number of carboxylic acids is 2. The van der Waals surface area contributed by atoms with Crippen LogP contribution < -0.4 is 10.2 Å². The second kappa shape index (κ2) is 14.9. The molecular weight excluding hydrogens is 336 g/mol. The fourth-order valence-corrected chi connectivity index (χ4v) is 0.408. The maximum Gasteiger partial charge on any atom is 2.00 e. The molecule has 0 aromatic rings. The van der Waals surface area contributed by atoms with Crippen molar-refractivity contribution in [2.75, 3.05) is 14.2 Å². The predicted octanol–water partition coefficient (Wildman–Crippen LogP) is -3.45. The smallest absolute Gasteiger partial charge is 0.545 e. The largest absolute Gasteiger partial charge is 2.00 e. The van der Waals surface area contributed by atoms with Crippen LogP contribution in [0.15, 0.2) is 24.3 Å². The number of hydrogen-bond acceptors (Lipinski definition) is 8. The Labute approximate surface area is 145 Å². The number of aliphatic carboxylic acids is 2. The first-order chi connectivity index (χ1) is 8.33. The summed E-state index contributed by atoms with van der Waals surface area (Å²) in [7, 11) is 2.31.